The summed E-state index contributed by atoms with van der Waals surface area (Å²) in [6, 6.07) is 4.03. The second kappa shape index (κ2) is 6.71. The molecule has 2 rings (SSSR count). The Labute approximate surface area is 109 Å². The molecule has 100 valence electrons. The molecule has 4 nitrogen and oxygen atoms in total. The first-order chi connectivity index (χ1) is 8.79. The molecule has 1 aromatic heterocycles. The van der Waals surface area contributed by atoms with Crippen LogP contribution in [0.15, 0.2) is 12.1 Å². The largest absolute Gasteiger partial charge is 0.490 e. The van der Waals surface area contributed by atoms with Crippen molar-refractivity contribution in [3.8, 4) is 5.75 Å². The molecule has 0 bridgehead atoms. The minimum absolute atomic E-state index is 0.751. The highest BCUT2D eigenvalue weighted by Gasteiger charge is 2.11. The van der Waals surface area contributed by atoms with E-state index in [1.54, 1.807) is 0 Å². The predicted molar refractivity (Wildman–Crippen MR) is 72.9 cm³/mol. The number of likely N-dealkylation sites (tertiary alicyclic amines) is 1. The van der Waals surface area contributed by atoms with E-state index in [1.807, 2.05) is 26.1 Å². The molecule has 1 fully saturated rings. The summed E-state index contributed by atoms with van der Waals surface area (Å²) < 4.78 is 5.86. The second-order valence-corrected chi connectivity index (χ2v) is 4.83. The zero-order valence-corrected chi connectivity index (χ0v) is 11.4. The monoisotopic (exact) mass is 249 g/mol. The molecule has 4 heteroatoms. The third-order valence-corrected chi connectivity index (χ3v) is 3.28. The highest BCUT2D eigenvalue weighted by molar-refractivity contribution is 5.29. The van der Waals surface area contributed by atoms with Crippen molar-refractivity contribution >= 4 is 0 Å². The van der Waals surface area contributed by atoms with Crippen molar-refractivity contribution in [3.05, 3.63) is 23.5 Å². The molecule has 1 aromatic rings. The molecular formula is C14H23N3O. The van der Waals surface area contributed by atoms with Gasteiger partial charge >= 0.3 is 0 Å². The molecule has 1 saturated heterocycles. The van der Waals surface area contributed by atoms with E-state index in [0.29, 0.717) is 0 Å². The summed E-state index contributed by atoms with van der Waals surface area (Å²) in [4.78, 5) is 6.97. The van der Waals surface area contributed by atoms with Crippen molar-refractivity contribution in [3.63, 3.8) is 0 Å². The highest BCUT2D eigenvalue weighted by Crippen LogP contribution is 2.17. The summed E-state index contributed by atoms with van der Waals surface area (Å²) in [5.74, 6) is 0.911. The fourth-order valence-corrected chi connectivity index (χ4v) is 2.31. The molecule has 0 amide bonds. The van der Waals surface area contributed by atoms with E-state index in [2.05, 4.69) is 15.2 Å². The van der Waals surface area contributed by atoms with Gasteiger partial charge in [-0.2, -0.15) is 0 Å². The van der Waals surface area contributed by atoms with Crippen molar-refractivity contribution in [1.82, 2.24) is 15.2 Å². The zero-order valence-electron chi connectivity index (χ0n) is 11.4. The Morgan fingerprint density at radius 3 is 2.83 bits per heavy atom. The number of aryl methyl sites for hydroxylation is 1. The van der Waals surface area contributed by atoms with Gasteiger partial charge in [-0.3, -0.25) is 9.88 Å². The number of aromatic nitrogens is 1. The number of ether oxygens (including phenoxy) is 1. The summed E-state index contributed by atoms with van der Waals surface area (Å²) >= 11 is 0. The molecular weight excluding hydrogens is 226 g/mol. The summed E-state index contributed by atoms with van der Waals surface area (Å²) in [5, 5.41) is 3.13. The van der Waals surface area contributed by atoms with Crippen LogP contribution in [0.25, 0.3) is 0 Å². The van der Waals surface area contributed by atoms with Crippen LogP contribution in [0.4, 0.5) is 0 Å². The van der Waals surface area contributed by atoms with Crippen molar-refractivity contribution < 1.29 is 4.74 Å². The molecule has 0 aromatic carbocycles. The molecule has 0 radical (unpaired) electrons. The van der Waals surface area contributed by atoms with Gasteiger partial charge in [0, 0.05) is 18.8 Å². The molecule has 0 spiro atoms. The topological polar surface area (TPSA) is 37.4 Å². The minimum atomic E-state index is 0.751. The van der Waals surface area contributed by atoms with E-state index in [9.17, 15) is 0 Å². The lowest BCUT2D eigenvalue weighted by atomic mass is 10.3. The Hall–Kier alpha value is -1.13. The molecule has 0 aliphatic carbocycles. The van der Waals surface area contributed by atoms with Crippen molar-refractivity contribution in [2.45, 2.75) is 26.3 Å². The number of hydrogen-bond donors (Lipinski definition) is 1. The number of rotatable bonds is 6. The lowest BCUT2D eigenvalue weighted by molar-refractivity contribution is 0.235. The quantitative estimate of drug-likeness (QED) is 0.830. The lowest BCUT2D eigenvalue weighted by Gasteiger charge is -2.16. The summed E-state index contributed by atoms with van der Waals surface area (Å²) in [7, 11) is 1.93. The molecule has 2 heterocycles. The Balaban J connectivity index is 1.87. The zero-order chi connectivity index (χ0) is 12.8. The molecule has 0 unspecified atom stereocenters. The lowest BCUT2D eigenvalue weighted by Crippen LogP contribution is -2.25. The van der Waals surface area contributed by atoms with E-state index in [-0.39, 0.29) is 0 Å². The maximum Gasteiger partial charge on any atom is 0.142 e. The molecule has 1 aliphatic heterocycles. The van der Waals surface area contributed by atoms with Crippen LogP contribution in [0.5, 0.6) is 5.75 Å². The third kappa shape index (κ3) is 3.68. The van der Waals surface area contributed by atoms with Crippen LogP contribution in [0.2, 0.25) is 0 Å². The third-order valence-electron chi connectivity index (χ3n) is 3.28. The standard InChI is InChI=1S/C14H23N3O/c1-12-5-6-14(13(16-12)11-15-2)18-10-9-17-7-3-4-8-17/h5-6,15H,3-4,7-11H2,1-2H3. The number of nitrogens with zero attached hydrogens (tertiary/aromatic N) is 2. The Bertz CT molecular complexity index is 375. The van der Waals surface area contributed by atoms with E-state index in [0.717, 1.165) is 36.8 Å². The van der Waals surface area contributed by atoms with E-state index in [4.69, 9.17) is 4.74 Å². The summed E-state index contributed by atoms with van der Waals surface area (Å²) in [5.41, 5.74) is 2.03. The molecule has 0 saturated carbocycles. The molecule has 18 heavy (non-hydrogen) atoms. The normalized spacial score (nSPS) is 16.1. The maximum absolute atomic E-state index is 5.86. The van der Waals surface area contributed by atoms with Gasteiger partial charge < -0.3 is 10.1 Å². The Morgan fingerprint density at radius 2 is 2.11 bits per heavy atom. The Morgan fingerprint density at radius 1 is 1.33 bits per heavy atom. The van der Waals surface area contributed by atoms with Gasteiger partial charge in [0.05, 0.1) is 5.69 Å². The van der Waals surface area contributed by atoms with Gasteiger partial charge in [0.15, 0.2) is 0 Å². The first kappa shape index (κ1) is 13.3. The van der Waals surface area contributed by atoms with Crippen LogP contribution in [0.1, 0.15) is 24.2 Å². The van der Waals surface area contributed by atoms with Crippen molar-refractivity contribution in [2.24, 2.45) is 0 Å². The van der Waals surface area contributed by atoms with Gasteiger partial charge in [-0.05, 0) is 52.0 Å². The van der Waals surface area contributed by atoms with E-state index in [1.165, 1.54) is 25.9 Å². The van der Waals surface area contributed by atoms with Crippen LogP contribution < -0.4 is 10.1 Å². The maximum atomic E-state index is 5.86. The smallest absolute Gasteiger partial charge is 0.142 e. The van der Waals surface area contributed by atoms with Gasteiger partial charge in [-0.1, -0.05) is 0 Å². The van der Waals surface area contributed by atoms with Crippen LogP contribution in [-0.4, -0.2) is 43.2 Å². The van der Waals surface area contributed by atoms with Gasteiger partial charge in [-0.25, -0.2) is 0 Å². The number of pyridine rings is 1. The number of hydrogen-bond acceptors (Lipinski definition) is 4. The molecule has 0 atom stereocenters. The van der Waals surface area contributed by atoms with Gasteiger partial charge in [-0.15, -0.1) is 0 Å². The summed E-state index contributed by atoms with van der Waals surface area (Å²) in [6.45, 7) is 6.97. The first-order valence-electron chi connectivity index (χ1n) is 6.76. The first-order valence-corrected chi connectivity index (χ1v) is 6.76. The molecule has 1 N–H and O–H groups in total. The van der Waals surface area contributed by atoms with Crippen molar-refractivity contribution in [2.75, 3.05) is 33.3 Å². The van der Waals surface area contributed by atoms with Crippen LogP contribution >= 0.6 is 0 Å². The SMILES string of the molecule is CNCc1nc(C)ccc1OCCN1CCCC1. The van der Waals surface area contributed by atoms with Gasteiger partial charge in [0.25, 0.3) is 0 Å². The Kier molecular flexibility index (Phi) is 4.96. The van der Waals surface area contributed by atoms with Crippen LogP contribution in [0.3, 0.4) is 0 Å². The van der Waals surface area contributed by atoms with Crippen molar-refractivity contribution in [1.29, 1.82) is 0 Å². The van der Waals surface area contributed by atoms with E-state index < -0.39 is 0 Å². The average molecular weight is 249 g/mol. The predicted octanol–water partition coefficient (Wildman–Crippen LogP) is 1.58. The van der Waals surface area contributed by atoms with Gasteiger partial charge in [0.1, 0.15) is 12.4 Å². The minimum Gasteiger partial charge on any atom is -0.490 e. The fraction of sp³-hybridized carbons (Fsp3) is 0.643. The summed E-state index contributed by atoms with van der Waals surface area (Å²) in [6.07, 6.45) is 2.66. The van der Waals surface area contributed by atoms with Crippen LogP contribution in [0, 0.1) is 6.92 Å². The fourth-order valence-electron chi connectivity index (χ4n) is 2.31. The highest BCUT2D eigenvalue weighted by atomic mass is 16.5. The van der Waals surface area contributed by atoms with Crippen LogP contribution in [-0.2, 0) is 6.54 Å². The second-order valence-electron chi connectivity index (χ2n) is 4.83. The number of nitrogens with one attached hydrogen (secondary N) is 1. The van der Waals surface area contributed by atoms with Gasteiger partial charge in [0.2, 0.25) is 0 Å². The van der Waals surface area contributed by atoms with E-state index >= 15 is 0 Å². The molecule has 1 aliphatic rings. The average Bonchev–Trinajstić information content (AvgIpc) is 2.85.